The quantitative estimate of drug-likeness (QED) is 0.254. The van der Waals surface area contributed by atoms with Gasteiger partial charge in [-0.1, -0.05) is 38.5 Å². The van der Waals surface area contributed by atoms with Crippen molar-refractivity contribution in [3.63, 3.8) is 0 Å². The number of carbonyl (C=O) groups excluding carboxylic acids is 2. The van der Waals surface area contributed by atoms with Crippen LogP contribution in [0.4, 0.5) is 0 Å². The fourth-order valence-corrected chi connectivity index (χ4v) is 3.67. The van der Waals surface area contributed by atoms with Crippen molar-refractivity contribution in [1.29, 1.82) is 0 Å². The summed E-state index contributed by atoms with van der Waals surface area (Å²) in [4.78, 5) is 47.6. The minimum atomic E-state index is -1.12. The number of nitrogens with zero attached hydrogens (tertiary/aromatic N) is 1. The molecule has 2 amide bonds. The fraction of sp³-hybridized carbons (Fsp3) is 0.391. The zero-order valence-corrected chi connectivity index (χ0v) is 18.7. The number of nitrogens with one attached hydrogen (secondary N) is 4. The number of aromatic amines is 2. The zero-order chi connectivity index (χ0) is 24.0. The molecule has 0 bridgehead atoms. The molecule has 0 aliphatic carbocycles. The Bertz CT molecular complexity index is 1090. The molecule has 0 saturated heterocycles. The van der Waals surface area contributed by atoms with E-state index < -0.39 is 35.9 Å². The Morgan fingerprint density at radius 2 is 1.88 bits per heavy atom. The Morgan fingerprint density at radius 1 is 1.12 bits per heavy atom. The number of imidazole rings is 1. The molecule has 0 radical (unpaired) electrons. The molecule has 3 aromatic rings. The SMILES string of the molecule is CC[C@H](C)[C@H](NC(=O)[C@H](Cc1c[nH]c2ccccc12)NC(=O)[C@@H](N)Cc1cnc[nH]1)C(=O)O. The molecule has 33 heavy (non-hydrogen) atoms. The van der Waals surface area contributed by atoms with Crippen LogP contribution in [-0.2, 0) is 27.2 Å². The van der Waals surface area contributed by atoms with Gasteiger partial charge in [-0.2, -0.15) is 0 Å². The second kappa shape index (κ2) is 10.8. The lowest BCUT2D eigenvalue weighted by Crippen LogP contribution is -2.56. The van der Waals surface area contributed by atoms with Crippen LogP contribution in [0.25, 0.3) is 10.9 Å². The lowest BCUT2D eigenvalue weighted by atomic mass is 9.98. The third-order valence-electron chi connectivity index (χ3n) is 5.84. The van der Waals surface area contributed by atoms with Gasteiger partial charge in [0.2, 0.25) is 11.8 Å². The van der Waals surface area contributed by atoms with E-state index in [4.69, 9.17) is 5.73 Å². The third-order valence-corrected chi connectivity index (χ3v) is 5.84. The van der Waals surface area contributed by atoms with Crippen molar-refractivity contribution in [1.82, 2.24) is 25.6 Å². The molecule has 10 nitrogen and oxygen atoms in total. The van der Waals surface area contributed by atoms with Crippen molar-refractivity contribution in [3.8, 4) is 0 Å². The second-order valence-corrected chi connectivity index (χ2v) is 8.22. The number of para-hydroxylation sites is 1. The summed E-state index contributed by atoms with van der Waals surface area (Å²) in [6.07, 6.45) is 5.82. The van der Waals surface area contributed by atoms with Crippen LogP contribution in [0.3, 0.4) is 0 Å². The van der Waals surface area contributed by atoms with Crippen LogP contribution in [0.15, 0.2) is 43.0 Å². The predicted octanol–water partition coefficient (Wildman–Crippen LogP) is 1.10. The number of carbonyl (C=O) groups is 3. The minimum Gasteiger partial charge on any atom is -0.480 e. The van der Waals surface area contributed by atoms with Crippen molar-refractivity contribution >= 4 is 28.7 Å². The summed E-state index contributed by atoms with van der Waals surface area (Å²) in [5.41, 5.74) is 8.46. The Hall–Kier alpha value is -3.66. The van der Waals surface area contributed by atoms with Gasteiger partial charge in [0.15, 0.2) is 0 Å². The number of hydrogen-bond donors (Lipinski definition) is 6. The average Bonchev–Trinajstić information content (AvgIpc) is 3.46. The van der Waals surface area contributed by atoms with Crippen molar-refractivity contribution in [2.24, 2.45) is 11.7 Å². The van der Waals surface area contributed by atoms with Crippen LogP contribution >= 0.6 is 0 Å². The lowest BCUT2D eigenvalue weighted by molar-refractivity contribution is -0.143. The summed E-state index contributed by atoms with van der Waals surface area (Å²) < 4.78 is 0. The smallest absolute Gasteiger partial charge is 0.326 e. The summed E-state index contributed by atoms with van der Waals surface area (Å²) in [6.45, 7) is 3.61. The summed E-state index contributed by atoms with van der Waals surface area (Å²) in [5, 5.41) is 15.8. The van der Waals surface area contributed by atoms with Gasteiger partial charge in [-0.15, -0.1) is 0 Å². The highest BCUT2D eigenvalue weighted by Crippen LogP contribution is 2.19. The first-order valence-corrected chi connectivity index (χ1v) is 10.9. The molecule has 0 fully saturated rings. The zero-order valence-electron chi connectivity index (χ0n) is 18.7. The van der Waals surface area contributed by atoms with Crippen molar-refractivity contribution < 1.29 is 19.5 Å². The molecular weight excluding hydrogens is 424 g/mol. The molecule has 176 valence electrons. The molecule has 7 N–H and O–H groups in total. The normalized spacial score (nSPS) is 14.9. The van der Waals surface area contributed by atoms with Crippen molar-refractivity contribution in [2.45, 2.75) is 51.2 Å². The van der Waals surface area contributed by atoms with Gasteiger partial charge >= 0.3 is 5.97 Å². The van der Waals surface area contributed by atoms with Crippen LogP contribution in [0.2, 0.25) is 0 Å². The number of rotatable bonds is 11. The standard InChI is InChI=1S/C23H30N6O4/c1-3-13(2)20(23(32)33)29-22(31)19(8-14-10-26-18-7-5-4-6-16(14)18)28-21(30)17(24)9-15-11-25-12-27-15/h4-7,10-13,17,19-20,26H,3,8-9,24H2,1-2H3,(H,25,27)(H,28,30)(H,29,31)(H,32,33)/t13-,17-,19-,20-/m0/s1. The molecule has 1 aromatic carbocycles. The summed E-state index contributed by atoms with van der Waals surface area (Å²) >= 11 is 0. The van der Waals surface area contributed by atoms with Gasteiger partial charge in [0, 0.05) is 41.8 Å². The van der Waals surface area contributed by atoms with E-state index in [0.717, 1.165) is 16.5 Å². The number of hydrogen-bond acceptors (Lipinski definition) is 5. The number of benzene rings is 1. The highest BCUT2D eigenvalue weighted by Gasteiger charge is 2.31. The van der Waals surface area contributed by atoms with E-state index in [1.165, 1.54) is 6.33 Å². The topological polar surface area (TPSA) is 166 Å². The highest BCUT2D eigenvalue weighted by atomic mass is 16.4. The van der Waals surface area contributed by atoms with Crippen molar-refractivity contribution in [3.05, 3.63) is 54.2 Å². The van der Waals surface area contributed by atoms with Crippen LogP contribution < -0.4 is 16.4 Å². The molecule has 0 aliphatic heterocycles. The number of carboxylic acid groups (broad SMARTS) is 1. The average molecular weight is 455 g/mol. The number of fused-ring (bicyclic) bond motifs is 1. The van der Waals surface area contributed by atoms with E-state index in [0.29, 0.717) is 12.1 Å². The van der Waals surface area contributed by atoms with E-state index in [-0.39, 0.29) is 18.8 Å². The Balaban J connectivity index is 1.80. The molecule has 10 heteroatoms. The van der Waals surface area contributed by atoms with Gasteiger partial charge in [-0.05, 0) is 17.5 Å². The molecule has 2 heterocycles. The number of H-pyrrole nitrogens is 2. The van der Waals surface area contributed by atoms with Crippen LogP contribution in [0.5, 0.6) is 0 Å². The molecule has 0 unspecified atom stereocenters. The second-order valence-electron chi connectivity index (χ2n) is 8.22. The van der Waals surface area contributed by atoms with Gasteiger partial charge in [-0.25, -0.2) is 9.78 Å². The lowest BCUT2D eigenvalue weighted by Gasteiger charge is -2.25. The summed E-state index contributed by atoms with van der Waals surface area (Å²) in [5.74, 6) is -2.49. The minimum absolute atomic E-state index is 0.172. The first-order chi connectivity index (χ1) is 15.8. The number of nitrogens with two attached hydrogens (primary N) is 1. The highest BCUT2D eigenvalue weighted by molar-refractivity contribution is 5.93. The number of carboxylic acids is 1. The maximum absolute atomic E-state index is 13.2. The monoisotopic (exact) mass is 454 g/mol. The third kappa shape index (κ3) is 5.98. The molecule has 3 rings (SSSR count). The summed E-state index contributed by atoms with van der Waals surface area (Å²) in [7, 11) is 0. The Kier molecular flexibility index (Phi) is 7.83. The Morgan fingerprint density at radius 3 is 2.55 bits per heavy atom. The van der Waals surface area contributed by atoms with Crippen molar-refractivity contribution in [2.75, 3.05) is 0 Å². The molecule has 4 atom stereocenters. The summed E-state index contributed by atoms with van der Waals surface area (Å²) in [6, 6.07) is 4.63. The first kappa shape index (κ1) is 24.0. The van der Waals surface area contributed by atoms with Gasteiger partial charge < -0.3 is 31.4 Å². The molecule has 0 saturated carbocycles. The van der Waals surface area contributed by atoms with Gasteiger partial charge in [0.05, 0.1) is 12.4 Å². The van der Waals surface area contributed by atoms with Crippen LogP contribution in [-0.4, -0.2) is 56.0 Å². The maximum Gasteiger partial charge on any atom is 0.326 e. The molecular formula is C23H30N6O4. The maximum atomic E-state index is 13.2. The van der Waals surface area contributed by atoms with E-state index in [9.17, 15) is 19.5 Å². The molecule has 0 spiro atoms. The molecule has 0 aliphatic rings. The first-order valence-electron chi connectivity index (χ1n) is 10.9. The van der Waals surface area contributed by atoms with Gasteiger partial charge in [0.25, 0.3) is 0 Å². The number of aromatic nitrogens is 3. The molecule has 2 aromatic heterocycles. The van der Waals surface area contributed by atoms with E-state index in [1.54, 1.807) is 19.3 Å². The van der Waals surface area contributed by atoms with Gasteiger partial charge in [-0.3, -0.25) is 9.59 Å². The van der Waals surface area contributed by atoms with Gasteiger partial charge in [0.1, 0.15) is 12.1 Å². The Labute approximate surface area is 191 Å². The largest absolute Gasteiger partial charge is 0.480 e. The van der Waals surface area contributed by atoms with E-state index in [1.807, 2.05) is 31.2 Å². The van der Waals surface area contributed by atoms with E-state index >= 15 is 0 Å². The predicted molar refractivity (Wildman–Crippen MR) is 123 cm³/mol. The van der Waals surface area contributed by atoms with Crippen LogP contribution in [0.1, 0.15) is 31.5 Å². The van der Waals surface area contributed by atoms with Crippen LogP contribution in [0, 0.1) is 5.92 Å². The fourth-order valence-electron chi connectivity index (χ4n) is 3.67. The number of amides is 2. The number of aliphatic carboxylic acids is 1. The van der Waals surface area contributed by atoms with E-state index in [2.05, 4.69) is 25.6 Å².